The molecule has 1 aromatic heterocycles. The zero-order valence-electron chi connectivity index (χ0n) is 8.60. The quantitative estimate of drug-likeness (QED) is 0.781. The first-order chi connectivity index (χ1) is 7.77. The number of hydrogen-bond donors (Lipinski definition) is 1. The normalized spacial score (nSPS) is 13.0. The molecule has 1 aromatic carbocycles. The van der Waals surface area contributed by atoms with Gasteiger partial charge in [-0.2, -0.15) is 0 Å². The fourth-order valence-corrected chi connectivity index (χ4v) is 2.18. The lowest BCUT2D eigenvalue weighted by molar-refractivity contribution is 0.100. The van der Waals surface area contributed by atoms with Crippen LogP contribution in [0.4, 0.5) is 0 Å². The second-order valence-corrected chi connectivity index (χ2v) is 3.84. The summed E-state index contributed by atoms with van der Waals surface area (Å²) < 4.78 is 0. The maximum absolute atomic E-state index is 11.5. The van der Waals surface area contributed by atoms with Crippen molar-refractivity contribution in [3.05, 3.63) is 47.2 Å². The van der Waals surface area contributed by atoms with Crippen molar-refractivity contribution in [2.24, 2.45) is 5.73 Å². The van der Waals surface area contributed by atoms with E-state index < -0.39 is 0 Å². The van der Waals surface area contributed by atoms with E-state index in [1.807, 2.05) is 36.4 Å². The van der Waals surface area contributed by atoms with Crippen LogP contribution in [0.15, 0.2) is 30.3 Å². The van der Waals surface area contributed by atoms with Gasteiger partial charge in [0.25, 0.3) is 0 Å². The van der Waals surface area contributed by atoms with Gasteiger partial charge in [0, 0.05) is 5.39 Å². The van der Waals surface area contributed by atoms with Crippen molar-refractivity contribution in [2.45, 2.75) is 6.42 Å². The third kappa shape index (κ3) is 1.15. The van der Waals surface area contributed by atoms with E-state index >= 15 is 0 Å². The number of nitrogens with zero attached hydrogens (tertiary/aromatic N) is 1. The van der Waals surface area contributed by atoms with Gasteiger partial charge in [-0.15, -0.1) is 0 Å². The molecule has 0 saturated heterocycles. The van der Waals surface area contributed by atoms with E-state index in [1.165, 1.54) is 0 Å². The average Bonchev–Trinajstić information content (AvgIpc) is 2.72. The molecule has 78 valence electrons. The number of allylic oxidation sites excluding steroid dienone is 1. The second kappa shape index (κ2) is 3.17. The third-order valence-corrected chi connectivity index (χ3v) is 2.87. The SMILES string of the molecule is NC(=O)c1c2c(nc3ccccc13)C=CC2. The highest BCUT2D eigenvalue weighted by molar-refractivity contribution is 6.07. The molecule has 3 nitrogen and oxygen atoms in total. The predicted octanol–water partition coefficient (Wildman–Crippen LogP) is 1.90. The first kappa shape index (κ1) is 9.09. The van der Waals surface area contributed by atoms with Crippen LogP contribution in [-0.4, -0.2) is 10.9 Å². The molecule has 2 aromatic rings. The van der Waals surface area contributed by atoms with Crippen LogP contribution in [0.1, 0.15) is 21.6 Å². The van der Waals surface area contributed by atoms with Gasteiger partial charge in [-0.25, -0.2) is 4.98 Å². The fraction of sp³-hybridized carbons (Fsp3) is 0.0769. The van der Waals surface area contributed by atoms with Gasteiger partial charge in [0.05, 0.1) is 16.8 Å². The van der Waals surface area contributed by atoms with Gasteiger partial charge in [-0.3, -0.25) is 4.79 Å². The minimum Gasteiger partial charge on any atom is -0.366 e. The smallest absolute Gasteiger partial charge is 0.249 e. The molecule has 1 aliphatic carbocycles. The Morgan fingerprint density at radius 2 is 2.12 bits per heavy atom. The molecule has 1 amide bonds. The van der Waals surface area contributed by atoms with Crippen LogP contribution in [0, 0.1) is 0 Å². The van der Waals surface area contributed by atoms with Crippen LogP contribution >= 0.6 is 0 Å². The number of para-hydroxylation sites is 1. The Labute approximate surface area is 92.6 Å². The Morgan fingerprint density at radius 1 is 1.31 bits per heavy atom. The molecule has 1 aliphatic rings. The lowest BCUT2D eigenvalue weighted by Gasteiger charge is -2.08. The molecule has 0 bridgehead atoms. The van der Waals surface area contributed by atoms with E-state index in [0.717, 1.165) is 28.6 Å². The Hall–Kier alpha value is -2.16. The molecule has 0 unspecified atom stereocenters. The molecule has 0 radical (unpaired) electrons. The van der Waals surface area contributed by atoms with Crippen molar-refractivity contribution >= 4 is 22.9 Å². The molecule has 2 N–H and O–H groups in total. The van der Waals surface area contributed by atoms with Crippen LogP contribution in [0.5, 0.6) is 0 Å². The molecule has 0 spiro atoms. The predicted molar refractivity (Wildman–Crippen MR) is 63.0 cm³/mol. The monoisotopic (exact) mass is 210 g/mol. The summed E-state index contributed by atoms with van der Waals surface area (Å²) in [5.74, 6) is -0.376. The summed E-state index contributed by atoms with van der Waals surface area (Å²) in [5.41, 5.74) is 8.71. The van der Waals surface area contributed by atoms with Crippen molar-refractivity contribution in [3.8, 4) is 0 Å². The number of hydrogen-bond acceptors (Lipinski definition) is 2. The highest BCUT2D eigenvalue weighted by Gasteiger charge is 2.18. The molecule has 0 aliphatic heterocycles. The summed E-state index contributed by atoms with van der Waals surface area (Å²) in [6.07, 6.45) is 4.68. The van der Waals surface area contributed by atoms with Gasteiger partial charge < -0.3 is 5.73 Å². The molecule has 0 saturated carbocycles. The van der Waals surface area contributed by atoms with E-state index in [4.69, 9.17) is 5.73 Å². The number of amides is 1. The highest BCUT2D eigenvalue weighted by atomic mass is 16.1. The van der Waals surface area contributed by atoms with Crippen molar-refractivity contribution in [1.82, 2.24) is 4.98 Å². The Balaban J connectivity index is 2.48. The molecule has 0 fully saturated rings. The van der Waals surface area contributed by atoms with Gasteiger partial charge in [0.15, 0.2) is 0 Å². The van der Waals surface area contributed by atoms with E-state index in [0.29, 0.717) is 5.56 Å². The standard InChI is InChI=1S/C13H10N2O/c14-13(16)12-8-4-1-2-6-10(8)15-11-7-3-5-9(11)12/h1-4,6-7H,5H2,(H2,14,16). The van der Waals surface area contributed by atoms with Crippen LogP contribution in [-0.2, 0) is 6.42 Å². The molecule has 3 rings (SSSR count). The summed E-state index contributed by atoms with van der Waals surface area (Å²) in [7, 11) is 0. The topological polar surface area (TPSA) is 56.0 Å². The number of carbonyl (C=O) groups is 1. The van der Waals surface area contributed by atoms with E-state index in [-0.39, 0.29) is 5.91 Å². The fourth-order valence-electron chi connectivity index (χ4n) is 2.18. The Morgan fingerprint density at radius 3 is 2.94 bits per heavy atom. The number of rotatable bonds is 1. The van der Waals surface area contributed by atoms with Crippen LogP contribution < -0.4 is 5.73 Å². The summed E-state index contributed by atoms with van der Waals surface area (Å²) >= 11 is 0. The maximum Gasteiger partial charge on any atom is 0.249 e. The number of benzene rings is 1. The number of fused-ring (bicyclic) bond motifs is 2. The first-order valence-electron chi connectivity index (χ1n) is 5.15. The molecular weight excluding hydrogens is 200 g/mol. The number of aromatic nitrogens is 1. The van der Waals surface area contributed by atoms with Crippen LogP contribution in [0.3, 0.4) is 0 Å². The number of carbonyl (C=O) groups excluding carboxylic acids is 1. The first-order valence-corrected chi connectivity index (χ1v) is 5.15. The summed E-state index contributed by atoms with van der Waals surface area (Å²) in [6, 6.07) is 7.59. The third-order valence-electron chi connectivity index (χ3n) is 2.87. The largest absolute Gasteiger partial charge is 0.366 e. The van der Waals surface area contributed by atoms with Gasteiger partial charge in [-0.05, 0) is 24.1 Å². The Bertz CT molecular complexity index is 629. The maximum atomic E-state index is 11.5. The number of pyridine rings is 1. The summed E-state index contributed by atoms with van der Waals surface area (Å²) in [5, 5.41) is 0.845. The van der Waals surface area contributed by atoms with Gasteiger partial charge in [0.1, 0.15) is 0 Å². The average molecular weight is 210 g/mol. The molecule has 1 heterocycles. The zero-order chi connectivity index (χ0) is 11.1. The number of primary amides is 1. The Kier molecular flexibility index (Phi) is 1.80. The van der Waals surface area contributed by atoms with E-state index in [9.17, 15) is 4.79 Å². The molecule has 3 heteroatoms. The highest BCUT2D eigenvalue weighted by Crippen LogP contribution is 2.27. The van der Waals surface area contributed by atoms with Crippen molar-refractivity contribution in [3.63, 3.8) is 0 Å². The van der Waals surface area contributed by atoms with Crippen molar-refractivity contribution < 1.29 is 4.79 Å². The van der Waals surface area contributed by atoms with E-state index in [2.05, 4.69) is 4.98 Å². The number of nitrogens with two attached hydrogens (primary N) is 1. The summed E-state index contributed by atoms with van der Waals surface area (Å²) in [4.78, 5) is 16.0. The second-order valence-electron chi connectivity index (χ2n) is 3.84. The van der Waals surface area contributed by atoms with Crippen LogP contribution in [0.25, 0.3) is 17.0 Å². The van der Waals surface area contributed by atoms with Crippen LogP contribution in [0.2, 0.25) is 0 Å². The zero-order valence-corrected chi connectivity index (χ0v) is 8.60. The molecule has 0 atom stereocenters. The minimum absolute atomic E-state index is 0.376. The van der Waals surface area contributed by atoms with E-state index in [1.54, 1.807) is 0 Å². The minimum atomic E-state index is -0.376. The summed E-state index contributed by atoms with van der Waals surface area (Å²) in [6.45, 7) is 0. The molecule has 16 heavy (non-hydrogen) atoms. The van der Waals surface area contributed by atoms with Crippen molar-refractivity contribution in [2.75, 3.05) is 0 Å². The molecular formula is C13H10N2O. The van der Waals surface area contributed by atoms with Gasteiger partial charge in [-0.1, -0.05) is 24.3 Å². The van der Waals surface area contributed by atoms with Crippen molar-refractivity contribution in [1.29, 1.82) is 0 Å². The van der Waals surface area contributed by atoms with Gasteiger partial charge >= 0.3 is 0 Å². The lowest BCUT2D eigenvalue weighted by atomic mass is 10.0. The lowest BCUT2D eigenvalue weighted by Crippen LogP contribution is -2.15. The van der Waals surface area contributed by atoms with Gasteiger partial charge in [0.2, 0.25) is 5.91 Å².